The van der Waals surface area contributed by atoms with E-state index in [-0.39, 0.29) is 5.91 Å². The van der Waals surface area contributed by atoms with Crippen molar-refractivity contribution < 1.29 is 4.79 Å². The number of benzene rings is 1. The minimum absolute atomic E-state index is 0.0395. The summed E-state index contributed by atoms with van der Waals surface area (Å²) in [5.41, 5.74) is 0.401. The largest absolute Gasteiger partial charge is 0.323 e. The van der Waals surface area contributed by atoms with Crippen LogP contribution in [0.4, 0.5) is 5.69 Å². The second-order valence-electron chi connectivity index (χ2n) is 4.44. The third kappa shape index (κ3) is 3.00. The first-order chi connectivity index (χ1) is 8.01. The Morgan fingerprint density at radius 1 is 1.59 bits per heavy atom. The molecule has 0 aromatic heterocycles. The highest BCUT2D eigenvalue weighted by molar-refractivity contribution is 14.1. The smallest absolute Gasteiger partial charge is 0.244 e. The Kier molecular flexibility index (Phi) is 4.10. The van der Waals surface area contributed by atoms with Crippen LogP contribution in [0.2, 0.25) is 0 Å². The molecule has 1 fully saturated rings. The van der Waals surface area contributed by atoms with Crippen LogP contribution in [0.5, 0.6) is 0 Å². The Hall–Kier alpha value is -0.140. The molecular formula is C12H14BrIN2O. The highest BCUT2D eigenvalue weighted by Gasteiger charge is 2.35. The van der Waals surface area contributed by atoms with Crippen molar-refractivity contribution in [3.05, 3.63) is 26.2 Å². The number of hydrogen-bond donors (Lipinski definition) is 2. The predicted molar refractivity (Wildman–Crippen MR) is 81.1 cm³/mol. The summed E-state index contributed by atoms with van der Waals surface area (Å²) in [7, 11) is 0. The fraction of sp³-hybridized carbons (Fsp3) is 0.417. The fourth-order valence-electron chi connectivity index (χ4n) is 1.94. The lowest BCUT2D eigenvalue weighted by molar-refractivity contribution is -0.121. The summed E-state index contributed by atoms with van der Waals surface area (Å²) >= 11 is 5.68. The first-order valence-corrected chi connectivity index (χ1v) is 7.40. The molecule has 0 saturated carbocycles. The Balaban J connectivity index is 2.15. The van der Waals surface area contributed by atoms with Crippen LogP contribution in [0.15, 0.2) is 22.7 Å². The van der Waals surface area contributed by atoms with Gasteiger partial charge in [-0.05, 0) is 83.0 Å². The zero-order valence-electron chi connectivity index (χ0n) is 9.52. The first kappa shape index (κ1) is 13.3. The summed E-state index contributed by atoms with van der Waals surface area (Å²) in [4.78, 5) is 12.2. The van der Waals surface area contributed by atoms with Gasteiger partial charge in [0.15, 0.2) is 0 Å². The summed E-state index contributed by atoms with van der Waals surface area (Å²) in [6.07, 6.45) is 1.94. The van der Waals surface area contributed by atoms with Gasteiger partial charge in [0, 0.05) is 8.04 Å². The van der Waals surface area contributed by atoms with Crippen molar-refractivity contribution in [2.24, 2.45) is 0 Å². The molecule has 2 rings (SSSR count). The molecule has 0 radical (unpaired) electrons. The normalized spacial score (nSPS) is 23.7. The average Bonchev–Trinajstić information content (AvgIpc) is 2.72. The van der Waals surface area contributed by atoms with E-state index in [2.05, 4.69) is 49.2 Å². The molecule has 1 saturated heterocycles. The predicted octanol–water partition coefficient (Wildman–Crippen LogP) is 3.13. The highest BCUT2D eigenvalue weighted by Crippen LogP contribution is 2.27. The molecule has 1 aromatic carbocycles. The van der Waals surface area contributed by atoms with E-state index in [1.165, 1.54) is 0 Å². The van der Waals surface area contributed by atoms with E-state index in [4.69, 9.17) is 0 Å². The fourth-order valence-corrected chi connectivity index (χ4v) is 2.78. The molecule has 0 aliphatic carbocycles. The molecule has 1 atom stereocenters. The van der Waals surface area contributed by atoms with Crippen LogP contribution in [0, 0.1) is 3.57 Å². The molecule has 1 aromatic rings. The Morgan fingerprint density at radius 3 is 3.00 bits per heavy atom. The Bertz CT molecular complexity index is 444. The SMILES string of the molecule is CC1(C(=O)Nc2cc(I)ccc2Br)CCCN1. The number of anilines is 1. The maximum atomic E-state index is 12.2. The van der Waals surface area contributed by atoms with Gasteiger partial charge in [-0.2, -0.15) is 0 Å². The second-order valence-corrected chi connectivity index (χ2v) is 6.54. The van der Waals surface area contributed by atoms with Gasteiger partial charge in [-0.15, -0.1) is 0 Å². The number of nitrogens with one attached hydrogen (secondary N) is 2. The molecule has 0 bridgehead atoms. The van der Waals surface area contributed by atoms with Crippen molar-refractivity contribution in [3.63, 3.8) is 0 Å². The van der Waals surface area contributed by atoms with Gasteiger partial charge < -0.3 is 10.6 Å². The summed E-state index contributed by atoms with van der Waals surface area (Å²) in [5.74, 6) is 0.0395. The van der Waals surface area contributed by atoms with Crippen LogP contribution in [0.1, 0.15) is 19.8 Å². The van der Waals surface area contributed by atoms with Crippen molar-refractivity contribution in [2.75, 3.05) is 11.9 Å². The molecule has 3 nitrogen and oxygen atoms in total. The molecule has 5 heteroatoms. The Labute approximate surface area is 123 Å². The summed E-state index contributed by atoms with van der Waals surface area (Å²) < 4.78 is 2.01. The van der Waals surface area contributed by atoms with Crippen molar-refractivity contribution in [2.45, 2.75) is 25.3 Å². The van der Waals surface area contributed by atoms with Crippen molar-refractivity contribution in [1.82, 2.24) is 5.32 Å². The lowest BCUT2D eigenvalue weighted by Gasteiger charge is -2.23. The van der Waals surface area contributed by atoms with E-state index in [1.54, 1.807) is 0 Å². The molecule has 1 unspecified atom stereocenters. The number of carbonyl (C=O) groups excluding carboxylic acids is 1. The second kappa shape index (κ2) is 5.24. The molecule has 1 heterocycles. The third-order valence-electron chi connectivity index (χ3n) is 3.05. The maximum absolute atomic E-state index is 12.2. The van der Waals surface area contributed by atoms with Gasteiger partial charge in [0.25, 0.3) is 0 Å². The zero-order valence-corrected chi connectivity index (χ0v) is 13.3. The van der Waals surface area contributed by atoms with Gasteiger partial charge >= 0.3 is 0 Å². The number of carbonyl (C=O) groups is 1. The van der Waals surface area contributed by atoms with Crippen molar-refractivity contribution in [1.29, 1.82) is 0 Å². The van der Waals surface area contributed by atoms with E-state index < -0.39 is 5.54 Å². The minimum atomic E-state index is -0.430. The standard InChI is InChI=1S/C12H14BrIN2O/c1-12(5-2-6-15-12)11(17)16-10-7-8(14)3-4-9(10)13/h3-4,7,15H,2,5-6H2,1H3,(H,16,17). The zero-order chi connectivity index (χ0) is 12.5. The molecular weight excluding hydrogens is 395 g/mol. The minimum Gasteiger partial charge on any atom is -0.323 e. The topological polar surface area (TPSA) is 41.1 Å². The quantitative estimate of drug-likeness (QED) is 0.738. The van der Waals surface area contributed by atoms with E-state index in [0.29, 0.717) is 0 Å². The van der Waals surface area contributed by atoms with Crippen LogP contribution >= 0.6 is 38.5 Å². The number of amides is 1. The third-order valence-corrected chi connectivity index (χ3v) is 4.41. The van der Waals surface area contributed by atoms with Gasteiger partial charge in [-0.25, -0.2) is 0 Å². The van der Waals surface area contributed by atoms with Crippen LogP contribution in [0.25, 0.3) is 0 Å². The van der Waals surface area contributed by atoms with Crippen molar-refractivity contribution in [3.8, 4) is 0 Å². The maximum Gasteiger partial charge on any atom is 0.244 e. The summed E-state index contributed by atoms with van der Waals surface area (Å²) in [6, 6.07) is 5.90. The Morgan fingerprint density at radius 2 is 2.35 bits per heavy atom. The number of hydrogen-bond acceptors (Lipinski definition) is 2. The van der Waals surface area contributed by atoms with Gasteiger partial charge in [0.05, 0.1) is 11.2 Å². The summed E-state index contributed by atoms with van der Waals surface area (Å²) in [5, 5.41) is 6.24. The van der Waals surface area contributed by atoms with Crippen LogP contribution < -0.4 is 10.6 Å². The van der Waals surface area contributed by atoms with E-state index in [0.717, 1.165) is 33.1 Å². The molecule has 1 aliphatic rings. The van der Waals surface area contributed by atoms with Crippen LogP contribution in [0.3, 0.4) is 0 Å². The van der Waals surface area contributed by atoms with Crippen LogP contribution in [-0.4, -0.2) is 18.0 Å². The van der Waals surface area contributed by atoms with E-state index >= 15 is 0 Å². The van der Waals surface area contributed by atoms with E-state index in [9.17, 15) is 4.79 Å². The molecule has 0 spiro atoms. The van der Waals surface area contributed by atoms with Gasteiger partial charge in [0.2, 0.25) is 5.91 Å². The summed E-state index contributed by atoms with van der Waals surface area (Å²) in [6.45, 7) is 2.87. The monoisotopic (exact) mass is 408 g/mol. The van der Waals surface area contributed by atoms with Gasteiger partial charge in [0.1, 0.15) is 0 Å². The number of halogens is 2. The molecule has 1 amide bonds. The average molecular weight is 409 g/mol. The highest BCUT2D eigenvalue weighted by atomic mass is 127. The lowest BCUT2D eigenvalue weighted by Crippen LogP contribution is -2.48. The molecule has 17 heavy (non-hydrogen) atoms. The first-order valence-electron chi connectivity index (χ1n) is 5.53. The van der Waals surface area contributed by atoms with Gasteiger partial charge in [-0.1, -0.05) is 0 Å². The van der Waals surface area contributed by atoms with E-state index in [1.807, 2.05) is 25.1 Å². The molecule has 1 aliphatic heterocycles. The van der Waals surface area contributed by atoms with Crippen LogP contribution in [-0.2, 0) is 4.79 Å². The lowest BCUT2D eigenvalue weighted by atomic mass is 9.99. The van der Waals surface area contributed by atoms with Gasteiger partial charge in [-0.3, -0.25) is 4.79 Å². The van der Waals surface area contributed by atoms with Crippen molar-refractivity contribution >= 4 is 50.1 Å². The number of rotatable bonds is 2. The molecule has 92 valence electrons. The molecule has 2 N–H and O–H groups in total.